The van der Waals surface area contributed by atoms with E-state index in [0.717, 1.165) is 0 Å². The average molecular weight is 407 g/mol. The number of benzene rings is 1. The third-order valence-electron chi connectivity index (χ3n) is 2.82. The topological polar surface area (TPSA) is 91.3 Å². The van der Waals surface area contributed by atoms with Crippen molar-refractivity contribution in [2.24, 2.45) is 0 Å². The van der Waals surface area contributed by atoms with Gasteiger partial charge in [0.25, 0.3) is 0 Å². The molecule has 0 spiro atoms. The maximum Gasteiger partial charge on any atom is 0.318 e. The molecule has 0 fully saturated rings. The van der Waals surface area contributed by atoms with Gasteiger partial charge in [-0.15, -0.1) is 0 Å². The van der Waals surface area contributed by atoms with Gasteiger partial charge in [-0.05, 0) is 17.7 Å². The van der Waals surface area contributed by atoms with Gasteiger partial charge in [0.05, 0.1) is 13.2 Å². The molecule has 0 amide bonds. The Hall–Kier alpha value is 0.0600. The Kier molecular flexibility index (Phi) is 9.31. The summed E-state index contributed by atoms with van der Waals surface area (Å²) in [6.07, 6.45) is -0.0662. The zero-order chi connectivity index (χ0) is 17.5. The van der Waals surface area contributed by atoms with Crippen molar-refractivity contribution in [2.45, 2.75) is 12.0 Å². The second-order valence-corrected chi connectivity index (χ2v) is 7.80. The molecule has 1 N–H and O–H groups in total. The lowest BCUT2D eigenvalue weighted by molar-refractivity contribution is -0.0412. The maximum atomic E-state index is 11.3. The van der Waals surface area contributed by atoms with E-state index < -0.39 is 22.1 Å². The third kappa shape index (κ3) is 7.22. The molecule has 0 aromatic heterocycles. The molecule has 1 aromatic carbocycles. The molecule has 0 saturated carbocycles. The van der Waals surface area contributed by atoms with E-state index in [0.29, 0.717) is 15.6 Å². The number of aliphatic hydroxyl groups is 1. The first-order chi connectivity index (χ1) is 10.8. The van der Waals surface area contributed by atoms with Crippen LogP contribution in [0.3, 0.4) is 0 Å². The minimum atomic E-state index is -2.75. The van der Waals surface area contributed by atoms with Crippen molar-refractivity contribution in [3.63, 3.8) is 0 Å². The molecule has 0 aliphatic rings. The van der Waals surface area contributed by atoms with Gasteiger partial charge in [0.1, 0.15) is 5.60 Å². The van der Waals surface area contributed by atoms with Gasteiger partial charge in [0.15, 0.2) is 0 Å². The Morgan fingerprint density at radius 2 is 1.48 bits per heavy atom. The van der Waals surface area contributed by atoms with Crippen LogP contribution in [0.1, 0.15) is 5.56 Å². The van der Waals surface area contributed by atoms with Crippen LogP contribution < -0.4 is 0 Å². The molecular weight excluding hydrogens is 389 g/mol. The summed E-state index contributed by atoms with van der Waals surface area (Å²) in [6.45, 7) is -0.780. The number of hydrogen-bond acceptors (Lipinski definition) is 7. The van der Waals surface area contributed by atoms with Crippen LogP contribution in [0.2, 0.25) is 10.0 Å². The zero-order valence-electron chi connectivity index (χ0n) is 12.5. The van der Waals surface area contributed by atoms with Gasteiger partial charge in [0, 0.05) is 30.7 Å². The Balaban J connectivity index is 2.93. The van der Waals surface area contributed by atoms with E-state index in [9.17, 15) is 14.2 Å². The third-order valence-corrected chi connectivity index (χ3v) is 4.95. The highest BCUT2D eigenvalue weighted by Gasteiger charge is 2.32. The molecular formula is C12H18Cl2O7P2. The van der Waals surface area contributed by atoms with E-state index in [1.807, 2.05) is 0 Å². The van der Waals surface area contributed by atoms with Gasteiger partial charge in [0.2, 0.25) is 0 Å². The van der Waals surface area contributed by atoms with Gasteiger partial charge in [-0.1, -0.05) is 29.3 Å². The molecule has 1 aromatic rings. The molecule has 0 radical (unpaired) electrons. The summed E-state index contributed by atoms with van der Waals surface area (Å²) in [5, 5.41) is 11.4. The summed E-state index contributed by atoms with van der Waals surface area (Å²) < 4.78 is 41.6. The molecule has 11 heteroatoms. The quantitative estimate of drug-likeness (QED) is 0.595. The molecule has 23 heavy (non-hydrogen) atoms. The highest BCUT2D eigenvalue weighted by molar-refractivity contribution is 7.33. The lowest BCUT2D eigenvalue weighted by Crippen LogP contribution is -2.41. The highest BCUT2D eigenvalue weighted by atomic mass is 35.5. The van der Waals surface area contributed by atoms with Crippen LogP contribution >= 0.6 is 39.7 Å². The molecule has 0 bridgehead atoms. The van der Waals surface area contributed by atoms with E-state index in [2.05, 4.69) is 9.05 Å². The fourth-order valence-electron chi connectivity index (χ4n) is 1.68. The summed E-state index contributed by atoms with van der Waals surface area (Å²) in [4.78, 5) is 0. The largest absolute Gasteiger partial charge is 0.385 e. The van der Waals surface area contributed by atoms with Crippen molar-refractivity contribution in [3.8, 4) is 0 Å². The van der Waals surface area contributed by atoms with Gasteiger partial charge < -0.3 is 23.2 Å². The van der Waals surface area contributed by atoms with Crippen molar-refractivity contribution in [3.05, 3.63) is 33.8 Å². The van der Waals surface area contributed by atoms with Crippen molar-refractivity contribution in [2.75, 3.05) is 27.4 Å². The van der Waals surface area contributed by atoms with Crippen LogP contribution in [-0.4, -0.2) is 38.1 Å². The van der Waals surface area contributed by atoms with Crippen LogP contribution in [0.15, 0.2) is 18.2 Å². The monoisotopic (exact) mass is 406 g/mol. The first kappa shape index (κ1) is 21.1. The fourth-order valence-corrected chi connectivity index (χ4v) is 3.22. The molecule has 0 saturated heterocycles. The van der Waals surface area contributed by atoms with Crippen LogP contribution in [0.25, 0.3) is 0 Å². The molecule has 132 valence electrons. The zero-order valence-corrected chi connectivity index (χ0v) is 16.0. The highest BCUT2D eigenvalue weighted by Crippen LogP contribution is 2.33. The molecule has 2 unspecified atom stereocenters. The molecule has 0 aliphatic carbocycles. The smallest absolute Gasteiger partial charge is 0.318 e. The van der Waals surface area contributed by atoms with Gasteiger partial charge in [-0.3, -0.25) is 9.13 Å². The summed E-state index contributed by atoms with van der Waals surface area (Å²) in [5.41, 5.74) is -1.22. The van der Waals surface area contributed by atoms with Crippen LogP contribution in [0.4, 0.5) is 0 Å². The van der Waals surface area contributed by atoms with E-state index in [1.54, 1.807) is 18.2 Å². The summed E-state index contributed by atoms with van der Waals surface area (Å²) in [7, 11) is -3.07. The first-order valence-electron chi connectivity index (χ1n) is 6.38. The minimum absolute atomic E-state index is 0.0662. The Bertz CT molecular complexity index is 530. The van der Waals surface area contributed by atoms with Crippen molar-refractivity contribution in [1.29, 1.82) is 0 Å². The van der Waals surface area contributed by atoms with Gasteiger partial charge >= 0.3 is 16.5 Å². The van der Waals surface area contributed by atoms with Crippen LogP contribution in [-0.2, 0) is 33.6 Å². The molecule has 2 atom stereocenters. The second-order valence-electron chi connectivity index (χ2n) is 4.59. The van der Waals surface area contributed by atoms with Gasteiger partial charge in [-0.25, -0.2) is 0 Å². The van der Waals surface area contributed by atoms with E-state index in [1.165, 1.54) is 14.2 Å². The predicted octanol–water partition coefficient (Wildman–Crippen LogP) is 3.37. The Morgan fingerprint density at radius 3 is 1.87 bits per heavy atom. The number of halogens is 2. The predicted molar refractivity (Wildman–Crippen MR) is 89.0 cm³/mol. The van der Waals surface area contributed by atoms with E-state index >= 15 is 0 Å². The molecule has 1 rings (SSSR count). The summed E-state index contributed by atoms with van der Waals surface area (Å²) in [5.74, 6) is 0. The number of hydrogen-bond donors (Lipinski definition) is 1. The normalized spacial score (nSPS) is 16.7. The van der Waals surface area contributed by atoms with Crippen molar-refractivity contribution < 1.29 is 32.3 Å². The molecule has 7 nitrogen and oxygen atoms in total. The second kappa shape index (κ2) is 10.1. The number of rotatable bonds is 10. The lowest BCUT2D eigenvalue weighted by atomic mass is 9.96. The lowest BCUT2D eigenvalue weighted by Gasteiger charge is -2.28. The minimum Gasteiger partial charge on any atom is -0.385 e. The molecule has 0 aliphatic heterocycles. The first-order valence-corrected chi connectivity index (χ1v) is 9.58. The van der Waals surface area contributed by atoms with E-state index in [-0.39, 0.29) is 19.6 Å². The Labute approximate surface area is 145 Å². The molecule has 0 heterocycles. The SMILES string of the molecule is CO[PH](=O)OCC(O)(CO[PH](=O)OC)Cc1c(Cl)cccc1Cl. The average Bonchev–Trinajstić information content (AvgIpc) is 2.54. The summed E-state index contributed by atoms with van der Waals surface area (Å²) >= 11 is 12.2. The van der Waals surface area contributed by atoms with Crippen LogP contribution in [0, 0.1) is 0 Å². The fraction of sp³-hybridized carbons (Fsp3) is 0.500. The van der Waals surface area contributed by atoms with Crippen molar-refractivity contribution in [1.82, 2.24) is 0 Å². The van der Waals surface area contributed by atoms with Crippen molar-refractivity contribution >= 4 is 39.7 Å². The van der Waals surface area contributed by atoms with Gasteiger partial charge in [-0.2, -0.15) is 0 Å². The maximum absolute atomic E-state index is 11.3. The standard InChI is InChI=1S/C12H18Cl2O7P2/c1-18-22(16)20-7-12(15,8-21-23(17)19-2)6-9-10(13)4-3-5-11(9)14/h3-5,15,22-23H,6-8H2,1-2H3. The van der Waals surface area contributed by atoms with Crippen LogP contribution in [0.5, 0.6) is 0 Å². The van der Waals surface area contributed by atoms with E-state index in [4.69, 9.17) is 32.2 Å². The summed E-state index contributed by atoms with van der Waals surface area (Å²) in [6, 6.07) is 4.88. The Morgan fingerprint density at radius 1 is 1.04 bits per heavy atom.